The van der Waals surface area contributed by atoms with Crippen LogP contribution in [0.3, 0.4) is 0 Å². The smallest absolute Gasteiger partial charge is 0.321 e. The van der Waals surface area contributed by atoms with Crippen molar-refractivity contribution >= 4 is 23.7 Å². The Morgan fingerprint density at radius 1 is 1.22 bits per heavy atom. The average Bonchev–Trinajstić information content (AvgIpc) is 2.56. The van der Waals surface area contributed by atoms with E-state index >= 15 is 0 Å². The minimum Gasteiger partial charge on any atom is -0.465 e. The largest absolute Gasteiger partial charge is 0.465 e. The van der Waals surface area contributed by atoms with Gasteiger partial charge in [0.15, 0.2) is 5.92 Å². The third-order valence-corrected chi connectivity index (χ3v) is 3.21. The molecule has 0 bridgehead atoms. The van der Waals surface area contributed by atoms with Gasteiger partial charge in [0, 0.05) is 18.6 Å². The predicted octanol–water partition coefficient (Wildman–Crippen LogP) is 3.22. The van der Waals surface area contributed by atoms with E-state index in [1.54, 1.807) is 19.3 Å². The SMILES string of the molecule is CCOC(=O)C(C=Nc1cccc(-c2ccncc2)c1)C(C)=O. The van der Waals surface area contributed by atoms with E-state index < -0.39 is 11.9 Å². The van der Waals surface area contributed by atoms with Gasteiger partial charge in [-0.3, -0.25) is 19.6 Å². The van der Waals surface area contributed by atoms with Crippen molar-refractivity contribution in [2.75, 3.05) is 6.61 Å². The van der Waals surface area contributed by atoms with Crippen molar-refractivity contribution in [2.24, 2.45) is 10.9 Å². The Kier molecular flexibility index (Phi) is 5.74. The van der Waals surface area contributed by atoms with Crippen LogP contribution in [0, 0.1) is 5.92 Å². The summed E-state index contributed by atoms with van der Waals surface area (Å²) in [5, 5.41) is 0. The molecule has 5 nitrogen and oxygen atoms in total. The first-order chi connectivity index (χ1) is 11.1. The van der Waals surface area contributed by atoms with Crippen LogP contribution in [0.5, 0.6) is 0 Å². The maximum absolute atomic E-state index is 11.8. The Bertz CT molecular complexity index is 711. The first-order valence-electron chi connectivity index (χ1n) is 7.33. The molecule has 5 heteroatoms. The van der Waals surface area contributed by atoms with Gasteiger partial charge in [-0.2, -0.15) is 0 Å². The molecule has 0 aliphatic carbocycles. The van der Waals surface area contributed by atoms with Crippen LogP contribution in [-0.2, 0) is 14.3 Å². The van der Waals surface area contributed by atoms with Crippen molar-refractivity contribution < 1.29 is 14.3 Å². The Labute approximate surface area is 135 Å². The molecule has 0 aliphatic rings. The normalized spacial score (nSPS) is 12.1. The number of ketones is 1. The zero-order chi connectivity index (χ0) is 16.7. The van der Waals surface area contributed by atoms with Crippen molar-refractivity contribution in [3.8, 4) is 11.1 Å². The molecule has 0 aliphatic heterocycles. The number of esters is 1. The summed E-state index contributed by atoms with van der Waals surface area (Å²) >= 11 is 0. The highest BCUT2D eigenvalue weighted by Crippen LogP contribution is 2.23. The van der Waals surface area contributed by atoms with E-state index in [4.69, 9.17) is 4.74 Å². The standard InChI is InChI=1S/C18H18N2O3/c1-3-23-18(22)17(13(2)21)12-20-16-6-4-5-15(11-16)14-7-9-19-10-8-14/h4-12,17H,3H2,1-2H3. The maximum atomic E-state index is 11.8. The lowest BCUT2D eigenvalue weighted by Gasteiger charge is -2.07. The fourth-order valence-electron chi connectivity index (χ4n) is 2.03. The van der Waals surface area contributed by atoms with Crippen LogP contribution >= 0.6 is 0 Å². The fraction of sp³-hybridized carbons (Fsp3) is 0.222. The number of carbonyl (C=O) groups is 2. The predicted molar refractivity (Wildman–Crippen MR) is 88.6 cm³/mol. The molecule has 0 fully saturated rings. The first kappa shape index (κ1) is 16.5. The highest BCUT2D eigenvalue weighted by Gasteiger charge is 2.22. The Hall–Kier alpha value is -2.82. The molecule has 2 rings (SSSR count). The summed E-state index contributed by atoms with van der Waals surface area (Å²) in [6.45, 7) is 3.28. The lowest BCUT2D eigenvalue weighted by molar-refractivity contribution is -0.148. The minimum absolute atomic E-state index is 0.230. The molecule has 1 heterocycles. The summed E-state index contributed by atoms with van der Waals surface area (Å²) in [5.41, 5.74) is 2.66. The van der Waals surface area contributed by atoms with Crippen molar-refractivity contribution in [3.05, 3.63) is 48.8 Å². The van der Waals surface area contributed by atoms with Crippen molar-refractivity contribution in [1.29, 1.82) is 0 Å². The topological polar surface area (TPSA) is 68.6 Å². The quantitative estimate of drug-likeness (QED) is 0.467. The lowest BCUT2D eigenvalue weighted by Crippen LogP contribution is -2.25. The van der Waals surface area contributed by atoms with Gasteiger partial charge >= 0.3 is 5.97 Å². The van der Waals surface area contributed by atoms with E-state index in [9.17, 15) is 9.59 Å². The number of hydrogen-bond donors (Lipinski definition) is 0. The second-order valence-electron chi connectivity index (χ2n) is 4.90. The number of carbonyl (C=O) groups excluding carboxylic acids is 2. The molecule has 1 atom stereocenters. The number of Topliss-reactive ketones (excluding diaryl/α,β-unsaturated/α-hetero) is 1. The Morgan fingerprint density at radius 2 is 1.96 bits per heavy atom. The number of benzene rings is 1. The van der Waals surface area contributed by atoms with E-state index in [-0.39, 0.29) is 12.4 Å². The molecule has 0 amide bonds. The van der Waals surface area contributed by atoms with Crippen molar-refractivity contribution in [2.45, 2.75) is 13.8 Å². The minimum atomic E-state index is -0.973. The lowest BCUT2D eigenvalue weighted by atomic mass is 10.1. The zero-order valence-corrected chi connectivity index (χ0v) is 13.1. The molecule has 2 aromatic rings. The van der Waals surface area contributed by atoms with Crippen LogP contribution < -0.4 is 0 Å². The zero-order valence-electron chi connectivity index (χ0n) is 13.1. The molecular weight excluding hydrogens is 292 g/mol. The molecule has 1 aromatic heterocycles. The number of rotatable bonds is 6. The van der Waals surface area contributed by atoms with Gasteiger partial charge in [0.05, 0.1) is 12.3 Å². The molecule has 1 unspecified atom stereocenters. The summed E-state index contributed by atoms with van der Waals surface area (Å²) in [6, 6.07) is 11.3. The van der Waals surface area contributed by atoms with Gasteiger partial charge in [-0.15, -0.1) is 0 Å². The fourth-order valence-corrected chi connectivity index (χ4v) is 2.03. The Morgan fingerprint density at radius 3 is 2.61 bits per heavy atom. The van der Waals surface area contributed by atoms with Gasteiger partial charge in [-0.1, -0.05) is 12.1 Å². The van der Waals surface area contributed by atoms with Gasteiger partial charge in [-0.05, 0) is 49.2 Å². The number of hydrogen-bond acceptors (Lipinski definition) is 5. The van der Waals surface area contributed by atoms with Crippen LogP contribution in [0.25, 0.3) is 11.1 Å². The van der Waals surface area contributed by atoms with E-state index in [0.717, 1.165) is 11.1 Å². The highest BCUT2D eigenvalue weighted by molar-refractivity contribution is 6.11. The molecular formula is C18H18N2O3. The van der Waals surface area contributed by atoms with E-state index in [0.29, 0.717) is 5.69 Å². The molecule has 0 saturated carbocycles. The van der Waals surface area contributed by atoms with E-state index in [1.165, 1.54) is 13.1 Å². The van der Waals surface area contributed by atoms with Crippen molar-refractivity contribution in [3.63, 3.8) is 0 Å². The molecule has 23 heavy (non-hydrogen) atoms. The Balaban J connectivity index is 2.22. The number of pyridine rings is 1. The van der Waals surface area contributed by atoms with E-state index in [2.05, 4.69) is 9.98 Å². The summed E-state index contributed by atoms with van der Waals surface area (Å²) < 4.78 is 4.89. The second-order valence-corrected chi connectivity index (χ2v) is 4.90. The monoisotopic (exact) mass is 310 g/mol. The van der Waals surface area contributed by atoms with Crippen molar-refractivity contribution in [1.82, 2.24) is 4.98 Å². The molecule has 118 valence electrons. The maximum Gasteiger partial charge on any atom is 0.321 e. The number of aromatic nitrogens is 1. The summed E-state index contributed by atoms with van der Waals surface area (Å²) in [6.07, 6.45) is 4.78. The third kappa shape index (κ3) is 4.57. The number of aliphatic imine (C=N–C) groups is 1. The number of nitrogens with zero attached hydrogens (tertiary/aromatic N) is 2. The van der Waals surface area contributed by atoms with Crippen LogP contribution in [0.4, 0.5) is 5.69 Å². The van der Waals surface area contributed by atoms with Gasteiger partial charge in [0.2, 0.25) is 0 Å². The van der Waals surface area contributed by atoms with Crippen LogP contribution in [0.2, 0.25) is 0 Å². The molecule has 0 radical (unpaired) electrons. The molecule has 0 N–H and O–H groups in total. The first-order valence-corrected chi connectivity index (χ1v) is 7.33. The molecule has 1 aromatic carbocycles. The van der Waals surface area contributed by atoms with Crippen LogP contribution in [-0.4, -0.2) is 29.6 Å². The van der Waals surface area contributed by atoms with Gasteiger partial charge in [0.25, 0.3) is 0 Å². The molecule has 0 saturated heterocycles. The highest BCUT2D eigenvalue weighted by atomic mass is 16.5. The van der Waals surface area contributed by atoms with Gasteiger partial charge < -0.3 is 4.74 Å². The average molecular weight is 310 g/mol. The van der Waals surface area contributed by atoms with Gasteiger partial charge in [0.1, 0.15) is 5.78 Å². The third-order valence-electron chi connectivity index (χ3n) is 3.21. The number of ether oxygens (including phenoxy) is 1. The van der Waals surface area contributed by atoms with Crippen LogP contribution in [0.15, 0.2) is 53.8 Å². The summed E-state index contributed by atoms with van der Waals surface area (Å²) in [5.74, 6) is -1.84. The molecule has 0 spiro atoms. The summed E-state index contributed by atoms with van der Waals surface area (Å²) in [4.78, 5) is 31.6. The summed E-state index contributed by atoms with van der Waals surface area (Å²) in [7, 11) is 0. The van der Waals surface area contributed by atoms with Crippen LogP contribution in [0.1, 0.15) is 13.8 Å². The van der Waals surface area contributed by atoms with E-state index in [1.807, 2.05) is 36.4 Å². The van der Waals surface area contributed by atoms with Gasteiger partial charge in [-0.25, -0.2) is 0 Å². The second kappa shape index (κ2) is 7.98.